The van der Waals surface area contributed by atoms with E-state index in [0.29, 0.717) is 34.6 Å². The number of nitrogens with zero attached hydrogens (tertiary/aromatic N) is 5. The largest absolute Gasteiger partial charge is 0.368 e. The summed E-state index contributed by atoms with van der Waals surface area (Å²) in [5, 5.41) is 15.6. The number of rotatable bonds is 5. The number of halogens is 2. The van der Waals surface area contributed by atoms with E-state index in [9.17, 15) is 10.1 Å². The Hall–Kier alpha value is -3.10. The highest BCUT2D eigenvalue weighted by molar-refractivity contribution is 6.42. The Labute approximate surface area is 183 Å². The quantitative estimate of drug-likeness (QED) is 0.448. The van der Waals surface area contributed by atoms with E-state index >= 15 is 0 Å². The molecule has 2 heterocycles. The number of aromatic nitrogens is 2. The SMILES string of the molecule is O=[N+]([O-])c1c(Nc2ccc(Cl)c(Cl)c2)ncnc1N1CCN(c2ccccc2)CC1. The molecule has 1 saturated heterocycles. The van der Waals surface area contributed by atoms with Crippen molar-refractivity contribution in [1.29, 1.82) is 0 Å². The second kappa shape index (κ2) is 8.73. The average Bonchev–Trinajstić information content (AvgIpc) is 2.77. The molecular formula is C20H18Cl2N6O2. The Morgan fingerprint density at radius 2 is 1.63 bits per heavy atom. The van der Waals surface area contributed by atoms with Gasteiger partial charge in [0.1, 0.15) is 6.33 Å². The maximum Gasteiger partial charge on any atom is 0.353 e. The lowest BCUT2D eigenvalue weighted by Crippen LogP contribution is -2.47. The molecule has 0 spiro atoms. The van der Waals surface area contributed by atoms with Gasteiger partial charge in [0, 0.05) is 37.6 Å². The summed E-state index contributed by atoms with van der Waals surface area (Å²) in [7, 11) is 0. The van der Waals surface area contributed by atoms with Crippen molar-refractivity contribution in [2.45, 2.75) is 0 Å². The minimum atomic E-state index is -0.460. The van der Waals surface area contributed by atoms with E-state index in [1.807, 2.05) is 23.1 Å². The molecule has 10 heteroatoms. The summed E-state index contributed by atoms with van der Waals surface area (Å²) in [4.78, 5) is 23.9. The smallest absolute Gasteiger partial charge is 0.353 e. The highest BCUT2D eigenvalue weighted by Crippen LogP contribution is 2.35. The Morgan fingerprint density at radius 3 is 2.30 bits per heavy atom. The Kier molecular flexibility index (Phi) is 5.87. The van der Waals surface area contributed by atoms with Crippen molar-refractivity contribution in [3.05, 3.63) is 75.0 Å². The van der Waals surface area contributed by atoms with Gasteiger partial charge in [-0.1, -0.05) is 41.4 Å². The van der Waals surface area contributed by atoms with Crippen LogP contribution in [-0.4, -0.2) is 41.1 Å². The molecular weight excluding hydrogens is 427 g/mol. The molecule has 154 valence electrons. The van der Waals surface area contributed by atoms with Crippen molar-refractivity contribution in [3.8, 4) is 0 Å². The van der Waals surface area contributed by atoms with Gasteiger partial charge in [0.2, 0.25) is 11.6 Å². The summed E-state index contributed by atoms with van der Waals surface area (Å²) in [5.74, 6) is 0.402. The lowest BCUT2D eigenvalue weighted by molar-refractivity contribution is -0.383. The molecule has 1 aliphatic rings. The van der Waals surface area contributed by atoms with Gasteiger partial charge in [0.25, 0.3) is 0 Å². The number of para-hydroxylation sites is 1. The van der Waals surface area contributed by atoms with Crippen LogP contribution in [0.15, 0.2) is 54.9 Å². The van der Waals surface area contributed by atoms with E-state index in [0.717, 1.165) is 18.8 Å². The van der Waals surface area contributed by atoms with Gasteiger partial charge in [-0.2, -0.15) is 0 Å². The summed E-state index contributed by atoms with van der Waals surface area (Å²) in [6, 6.07) is 15.0. The fourth-order valence-corrected chi connectivity index (χ4v) is 3.68. The van der Waals surface area contributed by atoms with Crippen LogP contribution in [0.2, 0.25) is 10.0 Å². The number of anilines is 4. The molecule has 1 aliphatic heterocycles. The Bertz CT molecular complexity index is 1060. The molecule has 1 fully saturated rings. The van der Waals surface area contributed by atoms with Gasteiger partial charge in [-0.3, -0.25) is 10.1 Å². The zero-order valence-corrected chi connectivity index (χ0v) is 17.3. The normalized spacial score (nSPS) is 13.9. The molecule has 0 atom stereocenters. The van der Waals surface area contributed by atoms with E-state index in [1.165, 1.54) is 6.33 Å². The molecule has 0 aliphatic carbocycles. The van der Waals surface area contributed by atoms with Crippen LogP contribution in [-0.2, 0) is 0 Å². The zero-order valence-electron chi connectivity index (χ0n) is 15.8. The van der Waals surface area contributed by atoms with Crippen LogP contribution in [0.1, 0.15) is 0 Å². The van der Waals surface area contributed by atoms with Gasteiger partial charge in [0.05, 0.1) is 15.0 Å². The number of nitrogens with one attached hydrogen (secondary N) is 1. The number of piperazine rings is 1. The Balaban J connectivity index is 1.57. The molecule has 1 N–H and O–H groups in total. The van der Waals surface area contributed by atoms with Crippen molar-refractivity contribution in [2.24, 2.45) is 0 Å². The number of nitro groups is 1. The van der Waals surface area contributed by atoms with Gasteiger partial charge >= 0.3 is 5.69 Å². The average molecular weight is 445 g/mol. The lowest BCUT2D eigenvalue weighted by atomic mass is 10.2. The van der Waals surface area contributed by atoms with E-state index in [2.05, 4.69) is 32.3 Å². The van der Waals surface area contributed by atoms with Crippen LogP contribution < -0.4 is 15.1 Å². The number of benzene rings is 2. The summed E-state index contributed by atoms with van der Waals surface area (Å²) in [5.41, 5.74) is 1.51. The van der Waals surface area contributed by atoms with Crippen LogP contribution in [0.5, 0.6) is 0 Å². The molecule has 8 nitrogen and oxygen atoms in total. The summed E-state index contributed by atoms with van der Waals surface area (Å²) in [6.45, 7) is 2.69. The third-order valence-electron chi connectivity index (χ3n) is 4.87. The molecule has 3 aromatic rings. The highest BCUT2D eigenvalue weighted by Gasteiger charge is 2.29. The van der Waals surface area contributed by atoms with Crippen LogP contribution >= 0.6 is 23.2 Å². The van der Waals surface area contributed by atoms with Crippen molar-refractivity contribution < 1.29 is 4.92 Å². The minimum absolute atomic E-state index is 0.105. The molecule has 0 amide bonds. The van der Waals surface area contributed by atoms with Crippen LogP contribution in [0, 0.1) is 10.1 Å². The molecule has 0 saturated carbocycles. The van der Waals surface area contributed by atoms with E-state index in [4.69, 9.17) is 23.2 Å². The first kappa shape index (κ1) is 20.2. The second-order valence-electron chi connectivity index (χ2n) is 6.72. The fraction of sp³-hybridized carbons (Fsp3) is 0.200. The van der Waals surface area contributed by atoms with Crippen molar-refractivity contribution in [3.63, 3.8) is 0 Å². The van der Waals surface area contributed by atoms with E-state index in [-0.39, 0.29) is 11.5 Å². The van der Waals surface area contributed by atoms with Crippen molar-refractivity contribution >= 4 is 51.9 Å². The molecule has 2 aromatic carbocycles. The standard InChI is InChI=1S/C20H18Cl2N6O2/c21-16-7-6-14(12-17(16)22)25-19-18(28(29)30)20(24-13-23-19)27-10-8-26(9-11-27)15-4-2-1-3-5-15/h1-7,12-13H,8-11H2,(H,23,24,25). The minimum Gasteiger partial charge on any atom is -0.368 e. The highest BCUT2D eigenvalue weighted by atomic mass is 35.5. The molecule has 0 unspecified atom stereocenters. The second-order valence-corrected chi connectivity index (χ2v) is 7.53. The van der Waals surface area contributed by atoms with Crippen LogP contribution in [0.3, 0.4) is 0 Å². The molecule has 0 bridgehead atoms. The number of hydrogen-bond donors (Lipinski definition) is 1. The van der Waals surface area contributed by atoms with Gasteiger partial charge < -0.3 is 15.1 Å². The third-order valence-corrected chi connectivity index (χ3v) is 5.61. The first-order valence-electron chi connectivity index (χ1n) is 9.29. The van der Waals surface area contributed by atoms with E-state index in [1.54, 1.807) is 18.2 Å². The number of hydrogen-bond acceptors (Lipinski definition) is 7. The fourth-order valence-electron chi connectivity index (χ4n) is 3.39. The van der Waals surface area contributed by atoms with Gasteiger partial charge in [-0.25, -0.2) is 9.97 Å². The molecule has 30 heavy (non-hydrogen) atoms. The molecule has 1 aromatic heterocycles. The predicted molar refractivity (Wildman–Crippen MR) is 119 cm³/mol. The topological polar surface area (TPSA) is 87.4 Å². The molecule has 4 rings (SSSR count). The zero-order chi connectivity index (χ0) is 21.1. The third kappa shape index (κ3) is 4.24. The lowest BCUT2D eigenvalue weighted by Gasteiger charge is -2.36. The van der Waals surface area contributed by atoms with E-state index < -0.39 is 4.92 Å². The van der Waals surface area contributed by atoms with Gasteiger partial charge in [-0.15, -0.1) is 0 Å². The van der Waals surface area contributed by atoms with Crippen molar-refractivity contribution in [2.75, 3.05) is 41.3 Å². The summed E-state index contributed by atoms with van der Waals surface area (Å²) >= 11 is 12.0. The first-order chi connectivity index (χ1) is 14.5. The molecule has 0 radical (unpaired) electrons. The summed E-state index contributed by atoms with van der Waals surface area (Å²) < 4.78 is 0. The van der Waals surface area contributed by atoms with Crippen LogP contribution in [0.25, 0.3) is 0 Å². The summed E-state index contributed by atoms with van der Waals surface area (Å²) in [6.07, 6.45) is 1.33. The maximum absolute atomic E-state index is 11.9. The predicted octanol–water partition coefficient (Wildman–Crippen LogP) is 4.76. The first-order valence-corrected chi connectivity index (χ1v) is 10.0. The van der Waals surface area contributed by atoms with Crippen LogP contribution in [0.4, 0.5) is 28.7 Å². The Morgan fingerprint density at radius 1 is 0.933 bits per heavy atom. The van der Waals surface area contributed by atoms with Gasteiger partial charge in [0.15, 0.2) is 0 Å². The monoisotopic (exact) mass is 444 g/mol. The maximum atomic E-state index is 11.9. The van der Waals surface area contributed by atoms with Gasteiger partial charge in [-0.05, 0) is 30.3 Å². The van der Waals surface area contributed by atoms with Crippen molar-refractivity contribution in [1.82, 2.24) is 9.97 Å².